The molecule has 0 radical (unpaired) electrons. The molecule has 1 saturated carbocycles. The van der Waals surface area contributed by atoms with Crippen molar-refractivity contribution in [3.8, 4) is 11.5 Å². The van der Waals surface area contributed by atoms with Gasteiger partial charge in [-0.25, -0.2) is 0 Å². The molecule has 2 rings (SSSR count). The van der Waals surface area contributed by atoms with Crippen molar-refractivity contribution in [2.75, 3.05) is 13.2 Å². The molecule has 1 aromatic carbocycles. The van der Waals surface area contributed by atoms with E-state index in [2.05, 4.69) is 41.9 Å². The second-order valence-electron chi connectivity index (χ2n) is 6.46. The van der Waals surface area contributed by atoms with E-state index in [9.17, 15) is 0 Å². The number of hydrogen-bond acceptors (Lipinski definition) is 2. The lowest BCUT2D eigenvalue weighted by atomic mass is 9.78. The van der Waals surface area contributed by atoms with Gasteiger partial charge in [0.05, 0.1) is 13.2 Å². The van der Waals surface area contributed by atoms with Crippen molar-refractivity contribution in [1.29, 1.82) is 0 Å². The molecule has 1 aliphatic rings. The van der Waals surface area contributed by atoms with Crippen molar-refractivity contribution in [2.45, 2.75) is 51.8 Å². The molecule has 118 valence electrons. The second kappa shape index (κ2) is 7.04. The van der Waals surface area contributed by atoms with Crippen LogP contribution in [-0.4, -0.2) is 13.2 Å². The number of halogens is 1. The van der Waals surface area contributed by atoms with Crippen LogP contribution in [0.15, 0.2) is 18.2 Å². The molecule has 2 atom stereocenters. The molecule has 0 spiro atoms. The first-order chi connectivity index (χ1) is 9.99. The molecule has 1 aliphatic carbocycles. The number of hydrogen-bond donors (Lipinski definition) is 0. The standard InChI is InChI=1S/C18H27BrO2/c1-5-20-15-10-9-13(12-16(15)21-6-2)17(19)14-8-7-11-18(14,3)4/h9-10,12,14,17H,5-8,11H2,1-4H3. The molecule has 0 heterocycles. The molecule has 1 aromatic rings. The Labute approximate surface area is 137 Å². The van der Waals surface area contributed by atoms with E-state index < -0.39 is 0 Å². The molecule has 2 unspecified atom stereocenters. The first-order valence-corrected chi connectivity index (χ1v) is 8.94. The summed E-state index contributed by atoms with van der Waals surface area (Å²) in [5.41, 5.74) is 1.69. The fourth-order valence-corrected chi connectivity index (χ4v) is 4.63. The van der Waals surface area contributed by atoms with Crippen LogP contribution in [0.1, 0.15) is 57.3 Å². The van der Waals surface area contributed by atoms with E-state index in [1.54, 1.807) is 0 Å². The fraction of sp³-hybridized carbons (Fsp3) is 0.667. The summed E-state index contributed by atoms with van der Waals surface area (Å²) in [6.45, 7) is 10.1. The first-order valence-electron chi connectivity index (χ1n) is 8.03. The third-order valence-electron chi connectivity index (χ3n) is 4.58. The van der Waals surface area contributed by atoms with Crippen molar-refractivity contribution >= 4 is 15.9 Å². The van der Waals surface area contributed by atoms with Crippen LogP contribution in [-0.2, 0) is 0 Å². The third kappa shape index (κ3) is 3.74. The highest BCUT2D eigenvalue weighted by molar-refractivity contribution is 9.09. The Morgan fingerprint density at radius 2 is 1.86 bits per heavy atom. The highest BCUT2D eigenvalue weighted by Crippen LogP contribution is 2.52. The molecular formula is C18H27BrO2. The smallest absolute Gasteiger partial charge is 0.161 e. The molecule has 2 nitrogen and oxygen atoms in total. The summed E-state index contributed by atoms with van der Waals surface area (Å²) in [4.78, 5) is 0.380. The SMILES string of the molecule is CCOc1ccc(C(Br)C2CCCC2(C)C)cc1OCC. The van der Waals surface area contributed by atoms with E-state index in [-0.39, 0.29) is 0 Å². The Morgan fingerprint density at radius 3 is 2.43 bits per heavy atom. The van der Waals surface area contributed by atoms with Crippen LogP contribution in [0.5, 0.6) is 11.5 Å². The van der Waals surface area contributed by atoms with E-state index in [4.69, 9.17) is 9.47 Å². The van der Waals surface area contributed by atoms with Gasteiger partial charge in [0.25, 0.3) is 0 Å². The second-order valence-corrected chi connectivity index (χ2v) is 7.45. The Bertz CT molecular complexity index is 470. The maximum Gasteiger partial charge on any atom is 0.161 e. The van der Waals surface area contributed by atoms with Crippen molar-refractivity contribution in [3.63, 3.8) is 0 Å². The Kier molecular flexibility index (Phi) is 5.59. The third-order valence-corrected chi connectivity index (χ3v) is 5.75. The zero-order chi connectivity index (χ0) is 15.5. The summed E-state index contributed by atoms with van der Waals surface area (Å²) in [5.74, 6) is 2.37. The van der Waals surface area contributed by atoms with Gasteiger partial charge in [-0.2, -0.15) is 0 Å². The zero-order valence-corrected chi connectivity index (χ0v) is 15.2. The first kappa shape index (κ1) is 16.7. The Morgan fingerprint density at radius 1 is 1.19 bits per heavy atom. The molecule has 0 N–H and O–H groups in total. The van der Waals surface area contributed by atoms with Gasteiger partial charge >= 0.3 is 0 Å². The van der Waals surface area contributed by atoms with Crippen LogP contribution in [0.25, 0.3) is 0 Å². The molecule has 0 bridgehead atoms. The van der Waals surface area contributed by atoms with E-state index in [1.807, 2.05) is 19.9 Å². The summed E-state index contributed by atoms with van der Waals surface area (Å²) in [7, 11) is 0. The van der Waals surface area contributed by atoms with Gasteiger partial charge in [-0.3, -0.25) is 0 Å². The number of benzene rings is 1. The Balaban J connectivity index is 2.25. The van der Waals surface area contributed by atoms with Crippen LogP contribution in [0.4, 0.5) is 0 Å². The summed E-state index contributed by atoms with van der Waals surface area (Å²) in [5, 5.41) is 0. The van der Waals surface area contributed by atoms with Crippen molar-refractivity contribution < 1.29 is 9.47 Å². The van der Waals surface area contributed by atoms with Gasteiger partial charge < -0.3 is 9.47 Å². The van der Waals surface area contributed by atoms with Crippen LogP contribution in [0.2, 0.25) is 0 Å². The lowest BCUT2D eigenvalue weighted by molar-refractivity contribution is 0.256. The summed E-state index contributed by atoms with van der Waals surface area (Å²) in [6.07, 6.45) is 3.93. The van der Waals surface area contributed by atoms with Gasteiger partial charge in [-0.05, 0) is 55.7 Å². The quantitative estimate of drug-likeness (QED) is 0.605. The van der Waals surface area contributed by atoms with E-state index in [0.717, 1.165) is 11.5 Å². The zero-order valence-electron chi connectivity index (χ0n) is 13.6. The maximum absolute atomic E-state index is 5.75. The molecular weight excluding hydrogens is 328 g/mol. The number of rotatable bonds is 6. The normalized spacial score (nSPS) is 22.0. The molecule has 0 aliphatic heterocycles. The Hall–Kier alpha value is -0.700. The largest absolute Gasteiger partial charge is 0.490 e. The van der Waals surface area contributed by atoms with Gasteiger partial charge in [-0.15, -0.1) is 0 Å². The average Bonchev–Trinajstić information content (AvgIpc) is 2.80. The number of ether oxygens (including phenoxy) is 2. The van der Waals surface area contributed by atoms with Gasteiger partial charge in [0.15, 0.2) is 11.5 Å². The van der Waals surface area contributed by atoms with E-state index >= 15 is 0 Å². The maximum atomic E-state index is 5.75. The van der Waals surface area contributed by atoms with Crippen molar-refractivity contribution in [1.82, 2.24) is 0 Å². The predicted octanol–water partition coefficient (Wildman–Crippen LogP) is 5.75. The molecule has 0 aromatic heterocycles. The fourth-order valence-electron chi connectivity index (χ4n) is 3.37. The molecule has 0 amide bonds. The van der Waals surface area contributed by atoms with Crippen molar-refractivity contribution in [2.24, 2.45) is 11.3 Å². The minimum atomic E-state index is 0.380. The average molecular weight is 355 g/mol. The molecule has 3 heteroatoms. The highest BCUT2D eigenvalue weighted by Gasteiger charge is 2.39. The molecule has 21 heavy (non-hydrogen) atoms. The van der Waals surface area contributed by atoms with Gasteiger partial charge in [-0.1, -0.05) is 42.3 Å². The predicted molar refractivity (Wildman–Crippen MR) is 91.6 cm³/mol. The molecule has 0 saturated heterocycles. The van der Waals surface area contributed by atoms with Gasteiger partial charge in [0.1, 0.15) is 0 Å². The van der Waals surface area contributed by atoms with Gasteiger partial charge in [0, 0.05) is 4.83 Å². The minimum absolute atomic E-state index is 0.380. The van der Waals surface area contributed by atoms with E-state index in [1.165, 1.54) is 24.8 Å². The molecule has 1 fully saturated rings. The lowest BCUT2D eigenvalue weighted by Gasteiger charge is -2.31. The van der Waals surface area contributed by atoms with E-state index in [0.29, 0.717) is 29.4 Å². The summed E-state index contributed by atoms with van der Waals surface area (Å²) >= 11 is 3.94. The van der Waals surface area contributed by atoms with Crippen LogP contribution in [0.3, 0.4) is 0 Å². The highest BCUT2D eigenvalue weighted by atomic mass is 79.9. The van der Waals surface area contributed by atoms with Crippen LogP contribution in [0, 0.1) is 11.3 Å². The van der Waals surface area contributed by atoms with Crippen LogP contribution >= 0.6 is 15.9 Å². The number of alkyl halides is 1. The van der Waals surface area contributed by atoms with Crippen LogP contribution < -0.4 is 9.47 Å². The van der Waals surface area contributed by atoms with Gasteiger partial charge in [0.2, 0.25) is 0 Å². The minimum Gasteiger partial charge on any atom is -0.490 e. The summed E-state index contributed by atoms with van der Waals surface area (Å²) < 4.78 is 11.4. The summed E-state index contributed by atoms with van der Waals surface area (Å²) in [6, 6.07) is 6.35. The monoisotopic (exact) mass is 354 g/mol. The topological polar surface area (TPSA) is 18.5 Å². The lowest BCUT2D eigenvalue weighted by Crippen LogP contribution is -2.21. The van der Waals surface area contributed by atoms with Crippen molar-refractivity contribution in [3.05, 3.63) is 23.8 Å².